The monoisotopic (exact) mass is 179 g/mol. The zero-order valence-electron chi connectivity index (χ0n) is 8.34. The van der Waals surface area contributed by atoms with Gasteiger partial charge in [0.15, 0.2) is 0 Å². The summed E-state index contributed by atoms with van der Waals surface area (Å²) in [4.78, 5) is 0. The van der Waals surface area contributed by atoms with Crippen LogP contribution in [0.5, 0.6) is 0 Å². The molecule has 0 aliphatic rings. The Morgan fingerprint density at radius 1 is 1.69 bits per heavy atom. The number of aryl methyl sites for hydroxylation is 1. The van der Waals surface area contributed by atoms with Crippen LogP contribution in [0.15, 0.2) is 28.9 Å². The van der Waals surface area contributed by atoms with E-state index in [-0.39, 0.29) is 6.04 Å². The van der Waals surface area contributed by atoms with E-state index >= 15 is 0 Å². The van der Waals surface area contributed by atoms with Gasteiger partial charge in [-0.25, -0.2) is 0 Å². The predicted octanol–water partition coefficient (Wildman–Crippen LogP) is 2.94. The summed E-state index contributed by atoms with van der Waals surface area (Å²) in [6, 6.07) is 1.95. The van der Waals surface area contributed by atoms with Crippen LogP contribution in [-0.4, -0.2) is 0 Å². The van der Waals surface area contributed by atoms with Gasteiger partial charge in [-0.15, -0.1) is 6.58 Å². The highest BCUT2D eigenvalue weighted by molar-refractivity contribution is 5.17. The van der Waals surface area contributed by atoms with Crippen molar-refractivity contribution in [2.45, 2.75) is 32.7 Å². The van der Waals surface area contributed by atoms with E-state index in [1.807, 2.05) is 19.9 Å². The first kappa shape index (κ1) is 10.1. The summed E-state index contributed by atoms with van der Waals surface area (Å²) in [5.41, 5.74) is 8.25. The van der Waals surface area contributed by atoms with Crippen LogP contribution in [0.3, 0.4) is 0 Å². The van der Waals surface area contributed by atoms with Crippen LogP contribution in [0.4, 0.5) is 0 Å². The van der Waals surface area contributed by atoms with Crippen molar-refractivity contribution in [3.05, 3.63) is 35.8 Å². The third-order valence-electron chi connectivity index (χ3n) is 2.12. The van der Waals surface area contributed by atoms with Crippen molar-refractivity contribution < 1.29 is 4.42 Å². The first-order chi connectivity index (χ1) is 6.11. The van der Waals surface area contributed by atoms with E-state index in [0.29, 0.717) is 0 Å². The van der Waals surface area contributed by atoms with Crippen LogP contribution in [0.2, 0.25) is 0 Å². The summed E-state index contributed by atoms with van der Waals surface area (Å²) in [6.45, 7) is 7.87. The fraction of sp³-hybridized carbons (Fsp3) is 0.455. The van der Waals surface area contributed by atoms with Gasteiger partial charge in [0.1, 0.15) is 5.76 Å². The topological polar surface area (TPSA) is 39.2 Å². The van der Waals surface area contributed by atoms with E-state index in [1.54, 1.807) is 6.26 Å². The summed E-state index contributed by atoms with van der Waals surface area (Å²) in [5.74, 6) is 0.904. The molecule has 1 heterocycles. The highest BCUT2D eigenvalue weighted by atomic mass is 16.3. The summed E-state index contributed by atoms with van der Waals surface area (Å²) < 4.78 is 5.30. The smallest absolute Gasteiger partial charge is 0.123 e. The van der Waals surface area contributed by atoms with Crippen molar-refractivity contribution in [3.8, 4) is 0 Å². The maximum absolute atomic E-state index is 5.95. The molecule has 1 aromatic heterocycles. The maximum atomic E-state index is 5.95. The summed E-state index contributed by atoms with van der Waals surface area (Å²) in [7, 11) is 0. The van der Waals surface area contributed by atoms with E-state index in [1.165, 1.54) is 5.57 Å². The molecule has 2 N–H and O–H groups in total. The molecule has 13 heavy (non-hydrogen) atoms. The number of hydrogen-bond donors (Lipinski definition) is 1. The molecule has 0 radical (unpaired) electrons. The minimum atomic E-state index is 0.00620. The molecule has 0 fully saturated rings. The Labute approximate surface area is 79.4 Å². The van der Waals surface area contributed by atoms with Crippen LogP contribution < -0.4 is 5.73 Å². The average Bonchev–Trinajstić information content (AvgIpc) is 2.47. The van der Waals surface area contributed by atoms with Gasteiger partial charge in [0.2, 0.25) is 0 Å². The molecule has 0 bridgehead atoms. The molecule has 2 nitrogen and oxygen atoms in total. The Morgan fingerprint density at radius 3 is 2.85 bits per heavy atom. The molecule has 1 unspecified atom stereocenters. The Hall–Kier alpha value is -1.02. The highest BCUT2D eigenvalue weighted by Crippen LogP contribution is 2.21. The molecule has 1 rings (SSSR count). The molecular formula is C11H17NO. The van der Waals surface area contributed by atoms with Gasteiger partial charge in [-0.3, -0.25) is 0 Å². The van der Waals surface area contributed by atoms with E-state index in [2.05, 4.69) is 6.58 Å². The number of furan rings is 1. The second kappa shape index (κ2) is 4.28. The lowest BCUT2D eigenvalue weighted by Crippen LogP contribution is -2.10. The maximum Gasteiger partial charge on any atom is 0.123 e. The minimum absolute atomic E-state index is 0.00620. The molecule has 0 amide bonds. The summed E-state index contributed by atoms with van der Waals surface area (Å²) in [5, 5.41) is 0. The fourth-order valence-electron chi connectivity index (χ4n) is 1.30. The van der Waals surface area contributed by atoms with Gasteiger partial charge in [-0.05, 0) is 38.3 Å². The van der Waals surface area contributed by atoms with Crippen molar-refractivity contribution in [1.29, 1.82) is 0 Å². The van der Waals surface area contributed by atoms with Gasteiger partial charge in [-0.1, -0.05) is 5.57 Å². The second-order valence-electron chi connectivity index (χ2n) is 3.57. The third kappa shape index (κ3) is 2.74. The number of allylic oxidation sites excluding steroid dienone is 1. The number of nitrogens with two attached hydrogens (primary N) is 1. The first-order valence-electron chi connectivity index (χ1n) is 4.55. The van der Waals surface area contributed by atoms with Crippen molar-refractivity contribution in [2.24, 2.45) is 5.73 Å². The Balaban J connectivity index is 2.53. The van der Waals surface area contributed by atoms with Crippen molar-refractivity contribution >= 4 is 0 Å². The van der Waals surface area contributed by atoms with Gasteiger partial charge in [0, 0.05) is 0 Å². The van der Waals surface area contributed by atoms with E-state index in [9.17, 15) is 0 Å². The zero-order chi connectivity index (χ0) is 9.84. The lowest BCUT2D eigenvalue weighted by Gasteiger charge is -2.09. The zero-order valence-corrected chi connectivity index (χ0v) is 8.34. The van der Waals surface area contributed by atoms with E-state index in [0.717, 1.165) is 24.2 Å². The van der Waals surface area contributed by atoms with Crippen molar-refractivity contribution in [3.63, 3.8) is 0 Å². The molecule has 0 saturated carbocycles. The highest BCUT2D eigenvalue weighted by Gasteiger charge is 2.11. The van der Waals surface area contributed by atoms with Crippen LogP contribution >= 0.6 is 0 Å². The average molecular weight is 179 g/mol. The molecule has 0 aliphatic heterocycles. The molecule has 72 valence electrons. The van der Waals surface area contributed by atoms with Crippen LogP contribution in [0.25, 0.3) is 0 Å². The normalized spacial score (nSPS) is 12.8. The standard InChI is InChI=1S/C11H17NO/c1-8(2)4-5-10(12)11-9(3)6-7-13-11/h6-7,10H,1,4-5,12H2,2-3H3. The molecule has 1 atom stereocenters. The fourth-order valence-corrected chi connectivity index (χ4v) is 1.30. The van der Waals surface area contributed by atoms with Crippen molar-refractivity contribution in [1.82, 2.24) is 0 Å². The quantitative estimate of drug-likeness (QED) is 0.722. The molecule has 0 saturated heterocycles. The van der Waals surface area contributed by atoms with Crippen LogP contribution in [-0.2, 0) is 0 Å². The Bertz CT molecular complexity index is 288. The summed E-state index contributed by atoms with van der Waals surface area (Å²) >= 11 is 0. The number of rotatable bonds is 4. The van der Waals surface area contributed by atoms with Gasteiger partial charge in [-0.2, -0.15) is 0 Å². The van der Waals surface area contributed by atoms with Gasteiger partial charge >= 0.3 is 0 Å². The largest absolute Gasteiger partial charge is 0.467 e. The van der Waals surface area contributed by atoms with Gasteiger partial charge < -0.3 is 10.2 Å². The van der Waals surface area contributed by atoms with Gasteiger partial charge in [0.25, 0.3) is 0 Å². The minimum Gasteiger partial charge on any atom is -0.467 e. The second-order valence-corrected chi connectivity index (χ2v) is 3.57. The predicted molar refractivity (Wildman–Crippen MR) is 54.4 cm³/mol. The van der Waals surface area contributed by atoms with Gasteiger partial charge in [0.05, 0.1) is 12.3 Å². The molecule has 2 heteroatoms. The first-order valence-corrected chi connectivity index (χ1v) is 4.55. The van der Waals surface area contributed by atoms with Crippen molar-refractivity contribution in [2.75, 3.05) is 0 Å². The van der Waals surface area contributed by atoms with E-state index < -0.39 is 0 Å². The lowest BCUT2D eigenvalue weighted by atomic mass is 10.0. The van der Waals surface area contributed by atoms with Crippen LogP contribution in [0.1, 0.15) is 37.1 Å². The Kier molecular flexibility index (Phi) is 3.32. The Morgan fingerprint density at radius 2 is 2.38 bits per heavy atom. The molecule has 1 aromatic rings. The van der Waals surface area contributed by atoms with Crippen LogP contribution in [0, 0.1) is 6.92 Å². The molecule has 0 aliphatic carbocycles. The van der Waals surface area contributed by atoms with E-state index in [4.69, 9.17) is 10.2 Å². The molecule has 0 aromatic carbocycles. The summed E-state index contributed by atoms with van der Waals surface area (Å²) in [6.07, 6.45) is 3.55. The third-order valence-corrected chi connectivity index (χ3v) is 2.12. The molecular weight excluding hydrogens is 162 g/mol. The molecule has 0 spiro atoms. The lowest BCUT2D eigenvalue weighted by molar-refractivity contribution is 0.449. The number of hydrogen-bond acceptors (Lipinski definition) is 2. The SMILES string of the molecule is C=C(C)CCC(N)c1occc1C.